The molecule has 31 heavy (non-hydrogen) atoms. The highest BCUT2D eigenvalue weighted by Crippen LogP contribution is 2.36. The fraction of sp³-hybridized carbons (Fsp3) is 0.478. The number of likely N-dealkylation sites (tertiary alicyclic amines) is 1. The van der Waals surface area contributed by atoms with Gasteiger partial charge in [-0.25, -0.2) is 0 Å². The van der Waals surface area contributed by atoms with Gasteiger partial charge in [0.15, 0.2) is 0 Å². The van der Waals surface area contributed by atoms with Gasteiger partial charge in [0.25, 0.3) is 0 Å². The number of amides is 1. The van der Waals surface area contributed by atoms with E-state index >= 15 is 0 Å². The molecule has 4 rings (SSSR count). The van der Waals surface area contributed by atoms with Crippen LogP contribution in [0.3, 0.4) is 0 Å². The first-order valence-corrected chi connectivity index (χ1v) is 10.6. The Labute approximate surface area is 178 Å². The van der Waals surface area contributed by atoms with Crippen molar-refractivity contribution in [2.45, 2.75) is 63.0 Å². The summed E-state index contributed by atoms with van der Waals surface area (Å²) in [5.41, 5.74) is 0.333. The monoisotopic (exact) mass is 434 g/mol. The maximum Gasteiger partial charge on any atom is 0.416 e. The van der Waals surface area contributed by atoms with Crippen molar-refractivity contribution in [1.82, 2.24) is 9.88 Å². The fourth-order valence-corrected chi connectivity index (χ4v) is 3.98. The zero-order valence-electron chi connectivity index (χ0n) is 17.0. The molecule has 0 bridgehead atoms. The summed E-state index contributed by atoms with van der Waals surface area (Å²) < 4.78 is 44.2. The highest BCUT2D eigenvalue weighted by molar-refractivity contribution is 5.79. The quantitative estimate of drug-likeness (QED) is 0.737. The van der Waals surface area contributed by atoms with Gasteiger partial charge in [0.2, 0.25) is 5.91 Å². The summed E-state index contributed by atoms with van der Waals surface area (Å²) in [6.07, 6.45) is 2.30. The predicted molar refractivity (Wildman–Crippen MR) is 107 cm³/mol. The lowest BCUT2D eigenvalue weighted by Gasteiger charge is -2.39. The van der Waals surface area contributed by atoms with Crippen LogP contribution in [-0.4, -0.2) is 39.6 Å². The first kappa shape index (κ1) is 21.6. The average molecular weight is 434 g/mol. The number of piperidine rings is 1. The molecule has 1 aromatic heterocycles. The van der Waals surface area contributed by atoms with Crippen molar-refractivity contribution in [3.63, 3.8) is 0 Å². The van der Waals surface area contributed by atoms with Crippen molar-refractivity contribution in [1.29, 1.82) is 0 Å². The molecule has 0 radical (unpaired) electrons. The highest BCUT2D eigenvalue weighted by Gasteiger charge is 2.35. The van der Waals surface area contributed by atoms with E-state index in [0.717, 1.165) is 37.8 Å². The second kappa shape index (κ2) is 8.86. The molecule has 1 saturated heterocycles. The normalized spacial score (nSPS) is 20.4. The number of aliphatic hydroxyl groups excluding tert-OH is 1. The van der Waals surface area contributed by atoms with Crippen molar-refractivity contribution in [2.24, 2.45) is 0 Å². The van der Waals surface area contributed by atoms with E-state index in [9.17, 15) is 23.1 Å². The van der Waals surface area contributed by atoms with Crippen LogP contribution in [0.1, 0.15) is 54.9 Å². The summed E-state index contributed by atoms with van der Waals surface area (Å²) in [5, 5.41) is 11.1. The van der Waals surface area contributed by atoms with Gasteiger partial charge in [0.1, 0.15) is 11.9 Å². The zero-order chi connectivity index (χ0) is 22.0. The standard InChI is InChI=1S/C23H25F3N2O3/c24-23(25,26)16-6-4-15(5-7-16)13-21(29)28-12-2-1-3-19(28)22(30)18-14-27-11-10-20(18)31-17-8-9-17/h4-7,10-11,14,17,19,22,30H,1-3,8-9,12-13H2. The molecule has 1 aromatic carbocycles. The predicted octanol–water partition coefficient (Wildman–Crippen LogP) is 4.30. The number of hydrogen-bond acceptors (Lipinski definition) is 4. The van der Waals surface area contributed by atoms with Crippen LogP contribution in [0, 0.1) is 0 Å². The molecule has 0 spiro atoms. The Morgan fingerprint density at radius 2 is 1.90 bits per heavy atom. The van der Waals surface area contributed by atoms with Crippen LogP contribution < -0.4 is 4.74 Å². The Morgan fingerprint density at radius 3 is 2.58 bits per heavy atom. The van der Waals surface area contributed by atoms with E-state index < -0.39 is 23.9 Å². The number of alkyl halides is 3. The number of ether oxygens (including phenoxy) is 1. The van der Waals surface area contributed by atoms with Crippen LogP contribution in [0.15, 0.2) is 42.7 Å². The lowest BCUT2D eigenvalue weighted by atomic mass is 9.92. The zero-order valence-corrected chi connectivity index (χ0v) is 17.0. The molecule has 166 valence electrons. The largest absolute Gasteiger partial charge is 0.490 e. The Bertz CT molecular complexity index is 913. The molecule has 2 heterocycles. The van der Waals surface area contributed by atoms with Gasteiger partial charge in [-0.2, -0.15) is 13.2 Å². The minimum Gasteiger partial charge on any atom is -0.490 e. The van der Waals surface area contributed by atoms with Gasteiger partial charge in [-0.1, -0.05) is 12.1 Å². The van der Waals surface area contributed by atoms with E-state index in [1.165, 1.54) is 12.1 Å². The topological polar surface area (TPSA) is 62.7 Å². The van der Waals surface area contributed by atoms with Gasteiger partial charge >= 0.3 is 6.18 Å². The molecule has 2 aliphatic rings. The maximum absolute atomic E-state index is 13.0. The number of halogens is 3. The number of pyridine rings is 1. The van der Waals surface area contributed by atoms with Crippen molar-refractivity contribution in [2.75, 3.05) is 6.54 Å². The van der Waals surface area contributed by atoms with Gasteiger partial charge in [-0.3, -0.25) is 9.78 Å². The Kier molecular flexibility index (Phi) is 6.18. The van der Waals surface area contributed by atoms with Gasteiger partial charge in [0, 0.05) is 24.5 Å². The van der Waals surface area contributed by atoms with Crippen LogP contribution in [-0.2, 0) is 17.4 Å². The smallest absolute Gasteiger partial charge is 0.416 e. The average Bonchev–Trinajstić information content (AvgIpc) is 3.57. The van der Waals surface area contributed by atoms with Gasteiger partial charge in [0.05, 0.1) is 24.1 Å². The van der Waals surface area contributed by atoms with Gasteiger partial charge in [-0.15, -0.1) is 0 Å². The number of aliphatic hydroxyl groups is 1. The van der Waals surface area contributed by atoms with Crippen LogP contribution in [0.2, 0.25) is 0 Å². The molecule has 8 heteroatoms. The summed E-state index contributed by atoms with van der Waals surface area (Å²) in [6.45, 7) is 0.500. The molecule has 1 amide bonds. The second-order valence-electron chi connectivity index (χ2n) is 8.20. The first-order chi connectivity index (χ1) is 14.8. The molecule has 5 nitrogen and oxygen atoms in total. The van der Waals surface area contributed by atoms with E-state index in [0.29, 0.717) is 29.8 Å². The molecule has 2 unspecified atom stereocenters. The van der Waals surface area contributed by atoms with Crippen molar-refractivity contribution in [3.8, 4) is 5.75 Å². The summed E-state index contributed by atoms with van der Waals surface area (Å²) in [5.74, 6) is 0.378. The number of rotatable bonds is 6. The molecular weight excluding hydrogens is 409 g/mol. The molecular formula is C23H25F3N2O3. The first-order valence-electron chi connectivity index (χ1n) is 10.6. The molecule has 1 aliphatic carbocycles. The third-order valence-corrected chi connectivity index (χ3v) is 5.82. The summed E-state index contributed by atoms with van der Waals surface area (Å²) in [4.78, 5) is 18.8. The molecule has 2 aromatic rings. The van der Waals surface area contributed by atoms with Crippen molar-refractivity contribution in [3.05, 3.63) is 59.4 Å². The van der Waals surface area contributed by atoms with E-state index in [1.54, 1.807) is 23.4 Å². The number of carbonyl (C=O) groups excluding carboxylic acids is 1. The maximum atomic E-state index is 13.0. The number of hydrogen-bond donors (Lipinski definition) is 1. The Balaban J connectivity index is 1.49. The summed E-state index contributed by atoms with van der Waals surface area (Å²) >= 11 is 0. The SMILES string of the molecule is O=C(Cc1ccc(C(F)(F)F)cc1)N1CCCCC1C(O)c1cnccc1OC1CC1. The number of carbonyl (C=O) groups is 1. The van der Waals surface area contributed by atoms with Crippen molar-refractivity contribution < 1.29 is 27.8 Å². The molecule has 1 N–H and O–H groups in total. The third kappa shape index (κ3) is 5.18. The fourth-order valence-electron chi connectivity index (χ4n) is 3.98. The number of aromatic nitrogens is 1. The van der Waals surface area contributed by atoms with E-state index in [-0.39, 0.29) is 18.4 Å². The van der Waals surface area contributed by atoms with E-state index in [1.807, 2.05) is 0 Å². The second-order valence-corrected chi connectivity index (χ2v) is 8.20. The summed E-state index contributed by atoms with van der Waals surface area (Å²) in [6, 6.07) is 5.94. The van der Waals surface area contributed by atoms with E-state index in [2.05, 4.69) is 4.98 Å². The molecule has 2 atom stereocenters. The van der Waals surface area contributed by atoms with Crippen LogP contribution in [0.25, 0.3) is 0 Å². The third-order valence-electron chi connectivity index (χ3n) is 5.82. The van der Waals surface area contributed by atoms with Crippen molar-refractivity contribution >= 4 is 5.91 Å². The van der Waals surface area contributed by atoms with Gasteiger partial charge in [-0.05, 0) is 55.9 Å². The lowest BCUT2D eigenvalue weighted by molar-refractivity contribution is -0.137. The van der Waals surface area contributed by atoms with Crippen LogP contribution >= 0.6 is 0 Å². The summed E-state index contributed by atoms with van der Waals surface area (Å²) in [7, 11) is 0. The molecule has 1 aliphatic heterocycles. The van der Waals surface area contributed by atoms with Crippen LogP contribution in [0.4, 0.5) is 13.2 Å². The molecule has 2 fully saturated rings. The Hall–Kier alpha value is -2.61. The minimum absolute atomic E-state index is 0.0141. The minimum atomic E-state index is -4.41. The highest BCUT2D eigenvalue weighted by atomic mass is 19.4. The Morgan fingerprint density at radius 1 is 1.16 bits per heavy atom. The number of benzene rings is 1. The van der Waals surface area contributed by atoms with Crippen LogP contribution in [0.5, 0.6) is 5.75 Å². The van der Waals surface area contributed by atoms with E-state index in [4.69, 9.17) is 4.74 Å². The number of nitrogens with zero attached hydrogens (tertiary/aromatic N) is 2. The van der Waals surface area contributed by atoms with Gasteiger partial charge < -0.3 is 14.7 Å². The molecule has 1 saturated carbocycles. The lowest BCUT2D eigenvalue weighted by Crippen LogP contribution is -2.47.